The van der Waals surface area contributed by atoms with Crippen molar-refractivity contribution >= 4 is 32.5 Å². The van der Waals surface area contributed by atoms with Gasteiger partial charge in [0.1, 0.15) is 0 Å². The maximum absolute atomic E-state index is 13.3. The molecule has 1 amide bonds. The fraction of sp³-hybridized carbons (Fsp3) is 0.304. The molecule has 1 aromatic heterocycles. The van der Waals surface area contributed by atoms with E-state index in [9.17, 15) is 18.0 Å². The molecule has 2 aromatic carbocycles. The van der Waals surface area contributed by atoms with E-state index in [0.717, 1.165) is 25.7 Å². The number of carbonyl (C=O) groups is 1. The van der Waals surface area contributed by atoms with Crippen LogP contribution in [0.15, 0.2) is 58.2 Å². The molecule has 0 radical (unpaired) electrons. The predicted octanol–water partition coefficient (Wildman–Crippen LogP) is 3.65. The zero-order valence-electron chi connectivity index (χ0n) is 17.3. The Morgan fingerprint density at radius 3 is 2.45 bits per heavy atom. The molecule has 2 heterocycles. The molecule has 1 fully saturated rings. The lowest BCUT2D eigenvalue weighted by Gasteiger charge is -2.21. The van der Waals surface area contributed by atoms with Crippen LogP contribution < -0.4 is 10.9 Å². The molecule has 2 N–H and O–H groups in total. The number of aryl methyl sites for hydroxylation is 1. The van der Waals surface area contributed by atoms with Gasteiger partial charge in [-0.25, -0.2) is 8.42 Å². The number of amides is 1. The third-order valence-electron chi connectivity index (χ3n) is 5.62. The summed E-state index contributed by atoms with van der Waals surface area (Å²) >= 11 is 0. The van der Waals surface area contributed by atoms with E-state index in [1.54, 1.807) is 43.3 Å². The van der Waals surface area contributed by atoms with Gasteiger partial charge in [0.15, 0.2) is 0 Å². The minimum absolute atomic E-state index is 0.197. The van der Waals surface area contributed by atoms with Crippen molar-refractivity contribution < 1.29 is 13.2 Å². The summed E-state index contributed by atoms with van der Waals surface area (Å²) < 4.78 is 28.1. The van der Waals surface area contributed by atoms with E-state index in [1.807, 2.05) is 0 Å². The lowest BCUT2D eigenvalue weighted by molar-refractivity contribution is 0.102. The van der Waals surface area contributed by atoms with Crippen LogP contribution in [0.5, 0.6) is 0 Å². The van der Waals surface area contributed by atoms with Gasteiger partial charge < -0.3 is 10.3 Å². The van der Waals surface area contributed by atoms with Crippen LogP contribution >= 0.6 is 0 Å². The molecule has 0 aliphatic carbocycles. The van der Waals surface area contributed by atoms with E-state index in [1.165, 1.54) is 16.4 Å². The number of aromatic amines is 1. The van der Waals surface area contributed by atoms with Crippen molar-refractivity contribution in [2.75, 3.05) is 18.4 Å². The number of nitrogens with zero attached hydrogens (tertiary/aromatic N) is 1. The molecule has 0 unspecified atom stereocenters. The van der Waals surface area contributed by atoms with E-state index < -0.39 is 15.9 Å². The molecule has 31 heavy (non-hydrogen) atoms. The number of hydrogen-bond donors (Lipinski definition) is 2. The second-order valence-electron chi connectivity index (χ2n) is 7.85. The fourth-order valence-electron chi connectivity index (χ4n) is 3.97. The third-order valence-corrected chi connectivity index (χ3v) is 7.66. The summed E-state index contributed by atoms with van der Waals surface area (Å²) in [7, 11) is -3.65. The fourth-order valence-corrected chi connectivity index (χ4v) is 5.74. The van der Waals surface area contributed by atoms with E-state index >= 15 is 0 Å². The second-order valence-corrected chi connectivity index (χ2v) is 9.75. The smallest absolute Gasteiger partial charge is 0.256 e. The van der Waals surface area contributed by atoms with Gasteiger partial charge in [0, 0.05) is 35.7 Å². The van der Waals surface area contributed by atoms with Gasteiger partial charge in [0.2, 0.25) is 15.6 Å². The number of nitrogens with one attached hydrogen (secondary N) is 2. The molecule has 0 bridgehead atoms. The molecule has 1 aliphatic rings. The Kier molecular flexibility index (Phi) is 5.93. The van der Waals surface area contributed by atoms with Crippen LogP contribution in [-0.4, -0.2) is 36.7 Å². The highest BCUT2D eigenvalue weighted by Crippen LogP contribution is 2.26. The topological polar surface area (TPSA) is 99.3 Å². The molecule has 1 saturated heterocycles. The molecule has 0 spiro atoms. The highest BCUT2D eigenvalue weighted by molar-refractivity contribution is 7.89. The first kappa shape index (κ1) is 21.3. The Morgan fingerprint density at radius 1 is 1.00 bits per heavy atom. The highest BCUT2D eigenvalue weighted by atomic mass is 32.2. The van der Waals surface area contributed by atoms with Crippen LogP contribution in [0.25, 0.3) is 10.9 Å². The molecule has 1 aliphatic heterocycles. The summed E-state index contributed by atoms with van der Waals surface area (Å²) in [4.78, 5) is 27.8. The van der Waals surface area contributed by atoms with Gasteiger partial charge in [-0.1, -0.05) is 37.1 Å². The quantitative estimate of drug-likeness (QED) is 0.648. The third kappa shape index (κ3) is 4.40. The lowest BCUT2D eigenvalue weighted by Crippen LogP contribution is -2.32. The minimum atomic E-state index is -3.65. The summed E-state index contributed by atoms with van der Waals surface area (Å²) in [6.45, 7) is 2.77. The van der Waals surface area contributed by atoms with Gasteiger partial charge >= 0.3 is 0 Å². The maximum atomic E-state index is 13.3. The number of sulfonamides is 1. The van der Waals surface area contributed by atoms with Crippen molar-refractivity contribution in [2.24, 2.45) is 0 Å². The Morgan fingerprint density at radius 2 is 1.71 bits per heavy atom. The van der Waals surface area contributed by atoms with Crippen molar-refractivity contribution in [3.05, 3.63) is 70.0 Å². The van der Waals surface area contributed by atoms with Gasteiger partial charge in [-0.3, -0.25) is 9.59 Å². The van der Waals surface area contributed by atoms with Crippen molar-refractivity contribution in [3.63, 3.8) is 0 Å². The van der Waals surface area contributed by atoms with Crippen molar-refractivity contribution in [3.8, 4) is 0 Å². The summed E-state index contributed by atoms with van der Waals surface area (Å²) in [5.74, 6) is -0.468. The van der Waals surface area contributed by atoms with E-state index in [0.29, 0.717) is 35.2 Å². The van der Waals surface area contributed by atoms with Gasteiger partial charge in [-0.2, -0.15) is 4.31 Å². The number of fused-ring (bicyclic) bond motifs is 1. The van der Waals surface area contributed by atoms with Gasteiger partial charge in [0.05, 0.1) is 10.5 Å². The van der Waals surface area contributed by atoms with Crippen LogP contribution in [0.1, 0.15) is 41.6 Å². The lowest BCUT2D eigenvalue weighted by atomic mass is 10.1. The Hall–Kier alpha value is -2.97. The Bertz CT molecular complexity index is 1290. The summed E-state index contributed by atoms with van der Waals surface area (Å²) in [6, 6.07) is 13.2. The van der Waals surface area contributed by atoms with E-state index in [4.69, 9.17) is 0 Å². The largest absolute Gasteiger partial charge is 0.322 e. The molecule has 4 rings (SSSR count). The minimum Gasteiger partial charge on any atom is -0.322 e. The van der Waals surface area contributed by atoms with Gasteiger partial charge in [-0.05, 0) is 43.5 Å². The monoisotopic (exact) mass is 439 g/mol. The highest BCUT2D eigenvalue weighted by Gasteiger charge is 2.27. The molecule has 3 aromatic rings. The maximum Gasteiger partial charge on any atom is 0.256 e. The zero-order chi connectivity index (χ0) is 22.0. The normalized spacial score (nSPS) is 15.5. The molecule has 8 heteroatoms. The van der Waals surface area contributed by atoms with Crippen molar-refractivity contribution in [1.29, 1.82) is 0 Å². The number of para-hydroxylation sites is 1. The van der Waals surface area contributed by atoms with Crippen LogP contribution in [0.3, 0.4) is 0 Å². The standard InChI is InChI=1S/C23H25N3O4S/c1-16-10-11-17(14-21(16)31(29,30)26-12-6-2-3-7-13-26)24-23(28)19-15-22(27)25-20-9-5-4-8-18(19)20/h4-5,8-11,14-15H,2-3,6-7,12-13H2,1H3,(H,24,28)(H,25,27). The summed E-state index contributed by atoms with van der Waals surface area (Å²) in [5.41, 5.74) is 1.42. The first-order valence-electron chi connectivity index (χ1n) is 10.4. The second kappa shape index (κ2) is 8.64. The number of hydrogen-bond acceptors (Lipinski definition) is 4. The van der Waals surface area contributed by atoms with Gasteiger partial charge in [0.25, 0.3) is 5.91 Å². The Labute approximate surface area is 181 Å². The van der Waals surface area contributed by atoms with E-state index in [-0.39, 0.29) is 16.0 Å². The number of aromatic nitrogens is 1. The van der Waals surface area contributed by atoms with Crippen molar-refractivity contribution in [1.82, 2.24) is 9.29 Å². The average molecular weight is 440 g/mol. The Balaban J connectivity index is 1.66. The number of benzene rings is 2. The summed E-state index contributed by atoms with van der Waals surface area (Å²) in [5, 5.41) is 3.37. The SMILES string of the molecule is Cc1ccc(NC(=O)c2cc(=O)[nH]c3ccccc23)cc1S(=O)(=O)N1CCCCCC1. The van der Waals surface area contributed by atoms with E-state index in [2.05, 4.69) is 10.3 Å². The first-order chi connectivity index (χ1) is 14.9. The van der Waals surface area contributed by atoms with Crippen LogP contribution in [0.4, 0.5) is 5.69 Å². The van der Waals surface area contributed by atoms with Gasteiger partial charge in [-0.15, -0.1) is 0 Å². The van der Waals surface area contributed by atoms with Crippen LogP contribution in [0, 0.1) is 6.92 Å². The number of anilines is 1. The average Bonchev–Trinajstić information content (AvgIpc) is 3.04. The van der Waals surface area contributed by atoms with Crippen LogP contribution in [-0.2, 0) is 10.0 Å². The number of H-pyrrole nitrogens is 1. The molecule has 162 valence electrons. The summed E-state index contributed by atoms with van der Waals surface area (Å²) in [6.07, 6.45) is 3.77. The molecule has 0 atom stereocenters. The number of rotatable bonds is 4. The molecular formula is C23H25N3O4S. The van der Waals surface area contributed by atoms with Crippen molar-refractivity contribution in [2.45, 2.75) is 37.5 Å². The first-order valence-corrected chi connectivity index (χ1v) is 11.8. The zero-order valence-corrected chi connectivity index (χ0v) is 18.2. The number of pyridine rings is 1. The molecular weight excluding hydrogens is 414 g/mol. The number of carbonyl (C=O) groups excluding carboxylic acids is 1. The molecule has 0 saturated carbocycles. The predicted molar refractivity (Wildman–Crippen MR) is 121 cm³/mol. The van der Waals surface area contributed by atoms with Crippen LogP contribution in [0.2, 0.25) is 0 Å². The molecule has 7 nitrogen and oxygen atoms in total.